The van der Waals surface area contributed by atoms with Gasteiger partial charge in [-0.05, 0) is 24.3 Å². The first-order chi connectivity index (χ1) is 8.27. The Morgan fingerprint density at radius 2 is 1.59 bits per heavy atom. The van der Waals surface area contributed by atoms with E-state index < -0.39 is 5.91 Å². The minimum Gasteiger partial charge on any atom is -0.454 e. The molecule has 1 aliphatic rings. The number of benzene rings is 2. The van der Waals surface area contributed by atoms with Crippen molar-refractivity contribution >= 4 is 11.6 Å². The van der Waals surface area contributed by atoms with E-state index in [0.29, 0.717) is 11.5 Å². The van der Waals surface area contributed by atoms with Crippen molar-refractivity contribution in [3.05, 3.63) is 54.1 Å². The summed E-state index contributed by atoms with van der Waals surface area (Å²) in [5, 5.41) is 0.112. The highest BCUT2D eigenvalue weighted by molar-refractivity contribution is 6.08. The first-order valence-electron chi connectivity index (χ1n) is 5.13. The van der Waals surface area contributed by atoms with Gasteiger partial charge in [0.25, 0.3) is 5.91 Å². The molecule has 84 valence electrons. The van der Waals surface area contributed by atoms with Gasteiger partial charge in [0.1, 0.15) is 11.4 Å². The van der Waals surface area contributed by atoms with Crippen LogP contribution in [0.4, 0.5) is 10.2 Å². The molecular weight excluding hydrogens is 221 g/mol. The van der Waals surface area contributed by atoms with Crippen LogP contribution in [0.15, 0.2) is 48.5 Å². The Morgan fingerprint density at radius 3 is 2.41 bits per heavy atom. The number of anilines is 1. The van der Waals surface area contributed by atoms with Gasteiger partial charge in [0.2, 0.25) is 0 Å². The maximum atomic E-state index is 13.9. The molecule has 3 rings (SSSR count). The third-order valence-corrected chi connectivity index (χ3v) is 2.59. The van der Waals surface area contributed by atoms with E-state index >= 15 is 0 Å². The molecule has 0 fully saturated rings. The van der Waals surface area contributed by atoms with E-state index in [1.54, 1.807) is 36.4 Å². The molecule has 0 saturated heterocycles. The van der Waals surface area contributed by atoms with Crippen molar-refractivity contribution in [2.24, 2.45) is 0 Å². The molecule has 0 bridgehead atoms. The Labute approximate surface area is 97.0 Å². The number of halogens is 1. The number of carbonyl (C=O) groups is 1. The van der Waals surface area contributed by atoms with Crippen molar-refractivity contribution in [1.82, 2.24) is 0 Å². The lowest BCUT2D eigenvalue weighted by molar-refractivity contribution is 0.0932. The SMILES string of the molecule is O=C1c2ccccc2Oc2ccccc2N1F. The van der Waals surface area contributed by atoms with Gasteiger partial charge < -0.3 is 4.74 Å². The van der Waals surface area contributed by atoms with Crippen LogP contribution < -0.4 is 9.86 Å². The lowest BCUT2D eigenvalue weighted by Gasteiger charge is -2.10. The largest absolute Gasteiger partial charge is 0.454 e. The number of rotatable bonds is 0. The normalized spacial score (nSPS) is 13.5. The predicted molar refractivity (Wildman–Crippen MR) is 60.9 cm³/mol. The number of hydrogen-bond donors (Lipinski definition) is 0. The van der Waals surface area contributed by atoms with Crippen LogP contribution in [0.3, 0.4) is 0 Å². The second-order valence-electron chi connectivity index (χ2n) is 3.65. The number of nitrogens with zero attached hydrogens (tertiary/aromatic N) is 1. The minimum atomic E-state index is -0.717. The fourth-order valence-corrected chi connectivity index (χ4v) is 1.77. The van der Waals surface area contributed by atoms with Gasteiger partial charge in [-0.15, -0.1) is 5.12 Å². The molecule has 1 heterocycles. The van der Waals surface area contributed by atoms with E-state index in [2.05, 4.69) is 0 Å². The lowest BCUT2D eigenvalue weighted by atomic mass is 10.2. The summed E-state index contributed by atoms with van der Waals surface area (Å²) in [6.07, 6.45) is 0. The van der Waals surface area contributed by atoms with Crippen LogP contribution in [0.25, 0.3) is 0 Å². The van der Waals surface area contributed by atoms with E-state index in [1.807, 2.05) is 0 Å². The van der Waals surface area contributed by atoms with Crippen LogP contribution in [-0.2, 0) is 0 Å². The summed E-state index contributed by atoms with van der Waals surface area (Å²) in [5.41, 5.74) is 0.333. The highest BCUT2D eigenvalue weighted by Gasteiger charge is 2.27. The first-order valence-corrected chi connectivity index (χ1v) is 5.13. The number of carbonyl (C=O) groups excluding carboxylic acids is 1. The zero-order valence-corrected chi connectivity index (χ0v) is 8.76. The second kappa shape index (κ2) is 3.59. The molecule has 0 N–H and O–H groups in total. The Hall–Kier alpha value is -2.36. The maximum absolute atomic E-state index is 13.9. The van der Waals surface area contributed by atoms with Crippen LogP contribution in [-0.4, -0.2) is 5.91 Å². The molecule has 0 unspecified atom stereocenters. The van der Waals surface area contributed by atoms with Gasteiger partial charge in [-0.3, -0.25) is 4.79 Å². The number of hydrogen-bond acceptors (Lipinski definition) is 2. The Bertz CT molecular complexity index is 597. The summed E-state index contributed by atoms with van der Waals surface area (Å²) in [4.78, 5) is 11.9. The van der Waals surface area contributed by atoms with Gasteiger partial charge in [-0.25, -0.2) is 0 Å². The summed E-state index contributed by atoms with van der Waals surface area (Å²) in [7, 11) is 0. The smallest absolute Gasteiger partial charge is 0.290 e. The fraction of sp³-hybridized carbons (Fsp3) is 0. The molecule has 0 atom stereocenters. The molecule has 0 aliphatic carbocycles. The van der Waals surface area contributed by atoms with Gasteiger partial charge in [-0.1, -0.05) is 28.7 Å². The van der Waals surface area contributed by atoms with Crippen LogP contribution in [0.2, 0.25) is 0 Å². The van der Waals surface area contributed by atoms with Gasteiger partial charge in [0.05, 0.1) is 5.56 Å². The van der Waals surface area contributed by atoms with Crippen LogP contribution in [0.1, 0.15) is 10.4 Å². The number of ether oxygens (including phenoxy) is 1. The monoisotopic (exact) mass is 229 g/mol. The molecule has 1 aliphatic heterocycles. The molecule has 4 heteroatoms. The first kappa shape index (κ1) is 9.84. The summed E-state index contributed by atoms with van der Waals surface area (Å²) in [5.74, 6) is -0.0241. The number of para-hydroxylation sites is 3. The van der Waals surface area contributed by atoms with Crippen LogP contribution >= 0.6 is 0 Å². The molecule has 17 heavy (non-hydrogen) atoms. The quantitative estimate of drug-likeness (QED) is 0.648. The van der Waals surface area contributed by atoms with Crippen molar-refractivity contribution in [3.8, 4) is 11.5 Å². The second-order valence-corrected chi connectivity index (χ2v) is 3.65. The number of fused-ring (bicyclic) bond motifs is 2. The molecule has 0 saturated carbocycles. The van der Waals surface area contributed by atoms with Crippen molar-refractivity contribution in [2.45, 2.75) is 0 Å². The third kappa shape index (κ3) is 1.45. The fourth-order valence-electron chi connectivity index (χ4n) is 1.77. The Morgan fingerprint density at radius 1 is 0.941 bits per heavy atom. The molecule has 0 spiro atoms. The van der Waals surface area contributed by atoms with Crippen molar-refractivity contribution in [2.75, 3.05) is 5.12 Å². The van der Waals surface area contributed by atoms with E-state index in [0.717, 1.165) is 0 Å². The maximum Gasteiger partial charge on any atom is 0.290 e. The molecule has 0 radical (unpaired) electrons. The highest BCUT2D eigenvalue weighted by atomic mass is 19.2. The predicted octanol–water partition coefficient (Wildman–Crippen LogP) is 3.32. The summed E-state index contributed by atoms with van der Waals surface area (Å²) in [6, 6.07) is 13.1. The Kier molecular flexibility index (Phi) is 2.08. The van der Waals surface area contributed by atoms with Gasteiger partial charge >= 0.3 is 0 Å². The van der Waals surface area contributed by atoms with Gasteiger partial charge in [-0.2, -0.15) is 0 Å². The molecule has 3 nitrogen and oxygen atoms in total. The van der Waals surface area contributed by atoms with E-state index in [9.17, 15) is 9.28 Å². The topological polar surface area (TPSA) is 29.5 Å². The lowest BCUT2D eigenvalue weighted by Crippen LogP contribution is -2.20. The summed E-state index contributed by atoms with van der Waals surface area (Å²) < 4.78 is 19.5. The summed E-state index contributed by atoms with van der Waals surface area (Å²) in [6.45, 7) is 0. The molecule has 0 aromatic heterocycles. The van der Waals surface area contributed by atoms with E-state index in [-0.39, 0.29) is 16.4 Å². The van der Waals surface area contributed by atoms with Gasteiger partial charge in [0, 0.05) is 0 Å². The third-order valence-electron chi connectivity index (χ3n) is 2.59. The highest BCUT2D eigenvalue weighted by Crippen LogP contribution is 2.38. The van der Waals surface area contributed by atoms with Crippen molar-refractivity contribution in [1.29, 1.82) is 0 Å². The van der Waals surface area contributed by atoms with Crippen molar-refractivity contribution < 1.29 is 14.0 Å². The van der Waals surface area contributed by atoms with E-state index in [1.165, 1.54) is 12.1 Å². The Balaban J connectivity index is 2.24. The van der Waals surface area contributed by atoms with Gasteiger partial charge in [0.15, 0.2) is 5.75 Å². The molecule has 2 aromatic rings. The molecular formula is C13H8FNO2. The average molecular weight is 229 g/mol. The van der Waals surface area contributed by atoms with Crippen molar-refractivity contribution in [3.63, 3.8) is 0 Å². The van der Waals surface area contributed by atoms with Crippen LogP contribution in [0.5, 0.6) is 11.5 Å². The standard InChI is InChI=1S/C13H8FNO2/c14-15-10-6-2-4-8-12(10)17-11-7-3-1-5-9(11)13(15)16/h1-8H. The zero-order chi connectivity index (χ0) is 11.8. The number of amides is 1. The van der Waals surface area contributed by atoms with Crippen LogP contribution in [0, 0.1) is 0 Å². The molecule has 1 amide bonds. The minimum absolute atomic E-state index is 0.112. The zero-order valence-electron chi connectivity index (χ0n) is 8.76. The molecule has 2 aromatic carbocycles. The average Bonchev–Trinajstić information content (AvgIpc) is 2.48. The van der Waals surface area contributed by atoms with E-state index in [4.69, 9.17) is 4.74 Å². The summed E-state index contributed by atoms with van der Waals surface area (Å²) >= 11 is 0.